The smallest absolute Gasteiger partial charge is 0.169 e. The van der Waals surface area contributed by atoms with Crippen molar-refractivity contribution in [3.63, 3.8) is 0 Å². The molecule has 0 saturated heterocycles. The zero-order chi connectivity index (χ0) is 16.1. The van der Waals surface area contributed by atoms with Crippen LogP contribution >= 0.6 is 15.9 Å². The highest BCUT2D eigenvalue weighted by Gasteiger charge is 2.49. The molecule has 1 spiro atoms. The average Bonchev–Trinajstić information content (AvgIpc) is 2.66. The first-order valence-corrected chi connectivity index (χ1v) is 7.51. The summed E-state index contributed by atoms with van der Waals surface area (Å²) in [6.07, 6.45) is 2.49. The number of Topliss-reactive ketones (excluding diaryl/α,β-unsaturated/α-hetero) is 1. The predicted molar refractivity (Wildman–Crippen MR) is 78.4 cm³/mol. The molecule has 0 unspecified atom stereocenters. The van der Waals surface area contributed by atoms with Gasteiger partial charge in [-0.2, -0.15) is 0 Å². The lowest BCUT2D eigenvalue weighted by Crippen LogP contribution is -2.40. The molecule has 1 fully saturated rings. The second-order valence-corrected chi connectivity index (χ2v) is 6.88. The lowest BCUT2D eigenvalue weighted by molar-refractivity contribution is -0.00679. The second-order valence-electron chi connectivity index (χ2n) is 5.96. The van der Waals surface area contributed by atoms with Crippen LogP contribution in [0, 0.1) is 11.3 Å². The van der Waals surface area contributed by atoms with Crippen LogP contribution in [0.3, 0.4) is 0 Å². The van der Waals surface area contributed by atoms with Gasteiger partial charge in [-0.1, -0.05) is 28.9 Å². The van der Waals surface area contributed by atoms with E-state index in [1.165, 1.54) is 0 Å². The van der Waals surface area contributed by atoms with Gasteiger partial charge in [0, 0.05) is 22.5 Å². The summed E-state index contributed by atoms with van der Waals surface area (Å²) in [6, 6.07) is 5.89. The zero-order valence-electron chi connectivity index (χ0n) is 13.9. The summed E-state index contributed by atoms with van der Waals surface area (Å²) in [5.41, 5.74) is 1.56. The molecule has 102 valence electrons. The number of fused-ring (bicyclic) bond motifs is 1. The van der Waals surface area contributed by atoms with E-state index in [4.69, 9.17) is 8.85 Å². The molecular formula is C16H19BrO2. The van der Waals surface area contributed by atoms with Crippen LogP contribution < -0.4 is 0 Å². The van der Waals surface area contributed by atoms with Crippen LogP contribution in [-0.4, -0.2) is 18.9 Å². The van der Waals surface area contributed by atoms with E-state index in [0.717, 1.165) is 22.0 Å². The molecule has 0 N–H and O–H groups in total. The van der Waals surface area contributed by atoms with Crippen LogP contribution in [0.4, 0.5) is 0 Å². The minimum absolute atomic E-state index is 0.0656. The van der Waals surface area contributed by atoms with Crippen molar-refractivity contribution in [1.29, 1.82) is 0 Å². The van der Waals surface area contributed by atoms with Gasteiger partial charge in [-0.15, -0.1) is 0 Å². The second kappa shape index (κ2) is 4.71. The van der Waals surface area contributed by atoms with Crippen LogP contribution in [0.2, 0.25) is 0 Å². The average molecular weight is 326 g/mol. The molecule has 0 amide bonds. The predicted octanol–water partition coefficient (Wildman–Crippen LogP) is 4.01. The Balaban J connectivity index is 1.80. The standard InChI is InChI=1S/C16H19BrO2/c1-10-8-16(6-5-14(10)19-2)9-11-3-4-12(17)7-13(11)15(16)18/h3-4,7,10,14H,5-6,8-9H2,1-2H3/t10-,14-,16-/m0/s1/i2D3. The summed E-state index contributed by atoms with van der Waals surface area (Å²) in [7, 11) is -2.36. The molecule has 0 aliphatic heterocycles. The number of benzene rings is 1. The number of ketones is 1. The van der Waals surface area contributed by atoms with Gasteiger partial charge in [0.25, 0.3) is 0 Å². The number of ether oxygens (including phenoxy) is 1. The van der Waals surface area contributed by atoms with E-state index in [-0.39, 0.29) is 23.2 Å². The van der Waals surface area contributed by atoms with Gasteiger partial charge in [-0.3, -0.25) is 4.79 Å². The van der Waals surface area contributed by atoms with E-state index in [9.17, 15) is 4.79 Å². The van der Waals surface area contributed by atoms with Gasteiger partial charge < -0.3 is 4.74 Å². The number of halogens is 1. The first kappa shape index (κ1) is 10.1. The number of hydrogen-bond acceptors (Lipinski definition) is 2. The molecule has 0 aromatic heterocycles. The monoisotopic (exact) mass is 325 g/mol. The van der Waals surface area contributed by atoms with E-state index in [1.807, 2.05) is 25.1 Å². The van der Waals surface area contributed by atoms with E-state index >= 15 is 0 Å². The SMILES string of the molecule is [2H]C([2H])([2H])O[C@H]1CC[C@@]2(Cc3ccc(Br)cc3C2=O)C[C@@H]1C. The van der Waals surface area contributed by atoms with Crippen LogP contribution in [-0.2, 0) is 11.2 Å². The minimum Gasteiger partial charge on any atom is -0.381 e. The molecule has 3 heteroatoms. The van der Waals surface area contributed by atoms with Gasteiger partial charge in [-0.05, 0) is 49.3 Å². The molecule has 2 aliphatic carbocycles. The third-order valence-electron chi connectivity index (χ3n) is 4.73. The largest absolute Gasteiger partial charge is 0.381 e. The summed E-state index contributed by atoms with van der Waals surface area (Å²) < 4.78 is 27.9. The number of methoxy groups -OCH3 is 1. The molecule has 0 bridgehead atoms. The number of carbonyl (C=O) groups excluding carboxylic acids is 1. The normalized spacial score (nSPS) is 36.7. The lowest BCUT2D eigenvalue weighted by Gasteiger charge is -2.39. The van der Waals surface area contributed by atoms with Gasteiger partial charge in [0.2, 0.25) is 0 Å². The fourth-order valence-electron chi connectivity index (χ4n) is 3.74. The van der Waals surface area contributed by atoms with Crippen LogP contribution in [0.5, 0.6) is 0 Å². The first-order chi connectivity index (χ1) is 10.2. The Bertz CT molecular complexity index is 614. The van der Waals surface area contributed by atoms with Gasteiger partial charge in [0.15, 0.2) is 5.78 Å². The number of hydrogen-bond donors (Lipinski definition) is 0. The molecule has 3 atom stereocenters. The minimum atomic E-state index is -2.36. The van der Waals surface area contributed by atoms with Crippen molar-refractivity contribution >= 4 is 21.7 Å². The molecule has 19 heavy (non-hydrogen) atoms. The highest BCUT2D eigenvalue weighted by Crippen LogP contribution is 2.49. The molecule has 3 rings (SSSR count). The van der Waals surface area contributed by atoms with Crippen molar-refractivity contribution < 1.29 is 13.6 Å². The summed E-state index contributed by atoms with van der Waals surface area (Å²) in [5.74, 6) is 0.277. The third-order valence-corrected chi connectivity index (χ3v) is 5.23. The van der Waals surface area contributed by atoms with E-state index in [0.29, 0.717) is 19.3 Å². The maximum atomic E-state index is 12.9. The topological polar surface area (TPSA) is 26.3 Å². The van der Waals surface area contributed by atoms with E-state index < -0.39 is 7.04 Å². The summed E-state index contributed by atoms with van der Waals surface area (Å²) in [5, 5.41) is 0. The van der Waals surface area contributed by atoms with Gasteiger partial charge in [0.1, 0.15) is 0 Å². The molecule has 2 aliphatic rings. The molecule has 1 aromatic rings. The Morgan fingerprint density at radius 3 is 3.11 bits per heavy atom. The van der Waals surface area contributed by atoms with Crippen molar-refractivity contribution in [2.24, 2.45) is 11.3 Å². The van der Waals surface area contributed by atoms with Crippen molar-refractivity contribution in [3.05, 3.63) is 33.8 Å². The fourth-order valence-corrected chi connectivity index (χ4v) is 4.10. The van der Waals surface area contributed by atoms with Crippen LogP contribution in [0.25, 0.3) is 0 Å². The highest BCUT2D eigenvalue weighted by atomic mass is 79.9. The Morgan fingerprint density at radius 2 is 2.37 bits per heavy atom. The lowest BCUT2D eigenvalue weighted by atomic mass is 9.66. The van der Waals surface area contributed by atoms with Gasteiger partial charge in [0.05, 0.1) is 10.2 Å². The Morgan fingerprint density at radius 1 is 1.53 bits per heavy atom. The molecule has 0 radical (unpaired) electrons. The van der Waals surface area contributed by atoms with Gasteiger partial charge in [-0.25, -0.2) is 0 Å². The number of carbonyl (C=O) groups is 1. The maximum Gasteiger partial charge on any atom is 0.169 e. The Labute approximate surface area is 126 Å². The Kier molecular flexibility index (Phi) is 2.51. The van der Waals surface area contributed by atoms with Crippen molar-refractivity contribution in [3.8, 4) is 0 Å². The molecule has 0 heterocycles. The van der Waals surface area contributed by atoms with Crippen molar-refractivity contribution in [1.82, 2.24) is 0 Å². The zero-order valence-corrected chi connectivity index (χ0v) is 12.5. The molecule has 1 aromatic carbocycles. The van der Waals surface area contributed by atoms with Crippen LogP contribution in [0.15, 0.2) is 22.7 Å². The molecule has 2 nitrogen and oxygen atoms in total. The fraction of sp³-hybridized carbons (Fsp3) is 0.562. The summed E-state index contributed by atoms with van der Waals surface area (Å²) in [6.45, 7) is 1.99. The summed E-state index contributed by atoms with van der Waals surface area (Å²) >= 11 is 3.42. The van der Waals surface area contributed by atoms with Crippen molar-refractivity contribution in [2.45, 2.75) is 38.7 Å². The van der Waals surface area contributed by atoms with Crippen molar-refractivity contribution in [2.75, 3.05) is 7.04 Å². The quantitative estimate of drug-likeness (QED) is 0.779. The number of rotatable bonds is 1. The van der Waals surface area contributed by atoms with E-state index in [2.05, 4.69) is 15.9 Å². The van der Waals surface area contributed by atoms with Gasteiger partial charge >= 0.3 is 0 Å². The molecule has 1 saturated carbocycles. The first-order valence-electron chi connectivity index (χ1n) is 8.21. The Hall–Kier alpha value is -0.670. The third kappa shape index (κ3) is 2.07. The molecular weight excluding hydrogens is 304 g/mol. The van der Waals surface area contributed by atoms with E-state index in [1.54, 1.807) is 0 Å². The summed E-state index contributed by atoms with van der Waals surface area (Å²) in [4.78, 5) is 12.9. The highest BCUT2D eigenvalue weighted by molar-refractivity contribution is 9.10. The maximum absolute atomic E-state index is 12.9. The van der Waals surface area contributed by atoms with Crippen LogP contribution in [0.1, 0.15) is 46.2 Å².